The van der Waals surface area contributed by atoms with E-state index < -0.39 is 39.7 Å². The van der Waals surface area contributed by atoms with Crippen LogP contribution in [0.25, 0.3) is 21.6 Å². The quantitative estimate of drug-likeness (QED) is 0.325. The first-order valence-electron chi connectivity index (χ1n) is 7.88. The SMILES string of the molecule is OC(Cl)(c1sc(-c2ccc(F)cc2)c(-c2ccc(F)cc2)c1C(F)F)C(F)(F)F. The van der Waals surface area contributed by atoms with E-state index in [2.05, 4.69) is 0 Å². The van der Waals surface area contributed by atoms with Crippen LogP contribution in [0.4, 0.5) is 30.7 Å². The molecule has 1 heterocycles. The molecule has 0 aliphatic carbocycles. The van der Waals surface area contributed by atoms with Gasteiger partial charge < -0.3 is 5.11 Å². The largest absolute Gasteiger partial charge is 0.436 e. The average molecular weight is 455 g/mol. The van der Waals surface area contributed by atoms with E-state index in [0.717, 1.165) is 36.4 Å². The van der Waals surface area contributed by atoms with Crippen molar-refractivity contribution in [3.05, 3.63) is 70.6 Å². The topological polar surface area (TPSA) is 20.2 Å². The number of halogens is 8. The van der Waals surface area contributed by atoms with Crippen molar-refractivity contribution in [2.75, 3.05) is 0 Å². The van der Waals surface area contributed by atoms with E-state index in [0.29, 0.717) is 0 Å². The van der Waals surface area contributed by atoms with Crippen LogP contribution in [-0.2, 0) is 5.06 Å². The lowest BCUT2D eigenvalue weighted by Gasteiger charge is -2.24. The van der Waals surface area contributed by atoms with Crippen molar-refractivity contribution in [2.24, 2.45) is 0 Å². The van der Waals surface area contributed by atoms with Crippen LogP contribution >= 0.6 is 22.9 Å². The van der Waals surface area contributed by atoms with Gasteiger partial charge >= 0.3 is 6.18 Å². The number of rotatable bonds is 4. The molecule has 0 amide bonds. The van der Waals surface area contributed by atoms with E-state index in [4.69, 9.17) is 11.6 Å². The third-order valence-electron chi connectivity index (χ3n) is 4.08. The standard InChI is InChI=1S/C19H10ClF7OS/c20-18(28,19(25,26)27)16-14(17(23)24)13(9-1-5-11(21)6-2-9)15(29-16)10-3-7-12(22)8-4-10/h1-8,17,28H. The van der Waals surface area contributed by atoms with E-state index in [9.17, 15) is 35.8 Å². The molecule has 154 valence electrons. The lowest BCUT2D eigenvalue weighted by atomic mass is 9.96. The summed E-state index contributed by atoms with van der Waals surface area (Å²) in [6, 6.07) is 8.51. The van der Waals surface area contributed by atoms with Gasteiger partial charge in [0.1, 0.15) is 11.6 Å². The highest BCUT2D eigenvalue weighted by Crippen LogP contribution is 2.55. The van der Waals surface area contributed by atoms with Gasteiger partial charge in [-0.2, -0.15) is 13.2 Å². The second-order valence-corrected chi connectivity index (χ2v) is 7.55. The van der Waals surface area contributed by atoms with Gasteiger partial charge in [0, 0.05) is 16.0 Å². The van der Waals surface area contributed by atoms with Crippen LogP contribution in [0.2, 0.25) is 0 Å². The van der Waals surface area contributed by atoms with Crippen molar-refractivity contribution < 1.29 is 35.8 Å². The molecule has 1 atom stereocenters. The summed E-state index contributed by atoms with van der Waals surface area (Å²) in [5, 5.41) is 5.80. The molecule has 0 saturated carbocycles. The van der Waals surface area contributed by atoms with E-state index in [1.54, 1.807) is 0 Å². The lowest BCUT2D eigenvalue weighted by molar-refractivity contribution is -0.228. The fourth-order valence-electron chi connectivity index (χ4n) is 2.73. The monoisotopic (exact) mass is 454 g/mol. The predicted molar refractivity (Wildman–Crippen MR) is 95.9 cm³/mol. The number of hydrogen-bond donors (Lipinski definition) is 1. The second-order valence-electron chi connectivity index (χ2n) is 5.98. The minimum Gasteiger partial charge on any atom is -0.363 e. The Labute approximate surface area is 169 Å². The molecule has 1 unspecified atom stereocenters. The van der Waals surface area contributed by atoms with Gasteiger partial charge in [-0.25, -0.2) is 17.6 Å². The number of aliphatic hydroxyl groups is 1. The third kappa shape index (κ3) is 3.99. The second kappa shape index (κ2) is 7.62. The van der Waals surface area contributed by atoms with Crippen LogP contribution in [0.1, 0.15) is 16.9 Å². The molecule has 0 spiro atoms. The molecule has 0 fully saturated rings. The molecule has 29 heavy (non-hydrogen) atoms. The highest BCUT2D eigenvalue weighted by Gasteiger charge is 2.57. The van der Waals surface area contributed by atoms with Gasteiger partial charge in [-0.1, -0.05) is 35.9 Å². The van der Waals surface area contributed by atoms with Crippen LogP contribution in [-0.4, -0.2) is 11.3 Å². The molecule has 0 aliphatic heterocycles. The molecule has 1 N–H and O–H groups in total. The van der Waals surface area contributed by atoms with Gasteiger partial charge in [0.15, 0.2) is 0 Å². The van der Waals surface area contributed by atoms with Crippen molar-refractivity contribution in [1.29, 1.82) is 0 Å². The van der Waals surface area contributed by atoms with Crippen molar-refractivity contribution >= 4 is 22.9 Å². The molecular weight excluding hydrogens is 445 g/mol. The van der Waals surface area contributed by atoms with Crippen LogP contribution < -0.4 is 0 Å². The Hall–Kier alpha value is -2.10. The number of thiophene rings is 1. The van der Waals surface area contributed by atoms with Crippen LogP contribution in [0.5, 0.6) is 0 Å². The zero-order chi connectivity index (χ0) is 21.6. The van der Waals surface area contributed by atoms with Gasteiger partial charge in [-0.3, -0.25) is 0 Å². The maximum Gasteiger partial charge on any atom is 0.436 e. The summed E-state index contributed by atoms with van der Waals surface area (Å²) in [5.74, 6) is -1.33. The predicted octanol–water partition coefficient (Wildman–Crippen LogP) is 7.24. The first-order valence-corrected chi connectivity index (χ1v) is 9.08. The molecule has 10 heteroatoms. The minimum absolute atomic E-state index is 0.0156. The summed E-state index contributed by atoms with van der Waals surface area (Å²) in [6.07, 6.45) is -8.90. The molecule has 0 bridgehead atoms. The molecule has 3 aromatic rings. The lowest BCUT2D eigenvalue weighted by Crippen LogP contribution is -2.36. The van der Waals surface area contributed by atoms with Crippen molar-refractivity contribution in [3.8, 4) is 21.6 Å². The highest BCUT2D eigenvalue weighted by molar-refractivity contribution is 7.16. The van der Waals surface area contributed by atoms with Crippen LogP contribution in [0.15, 0.2) is 48.5 Å². The molecule has 0 aliphatic rings. The molecule has 1 aromatic heterocycles. The maximum atomic E-state index is 13.9. The molecule has 0 radical (unpaired) electrons. The first-order chi connectivity index (χ1) is 13.4. The Bertz CT molecular complexity index is 1010. The normalized spacial score (nSPS) is 14.3. The first kappa shape index (κ1) is 21.6. The Morgan fingerprint density at radius 1 is 0.828 bits per heavy atom. The summed E-state index contributed by atoms with van der Waals surface area (Å²) in [7, 11) is 0. The van der Waals surface area contributed by atoms with Crippen LogP contribution in [0, 0.1) is 11.6 Å². The van der Waals surface area contributed by atoms with Crippen molar-refractivity contribution in [2.45, 2.75) is 17.7 Å². The number of benzene rings is 2. The smallest absolute Gasteiger partial charge is 0.363 e. The summed E-state index contributed by atoms with van der Waals surface area (Å²) in [4.78, 5) is -1.31. The van der Waals surface area contributed by atoms with E-state index in [-0.39, 0.29) is 32.9 Å². The highest BCUT2D eigenvalue weighted by atomic mass is 35.5. The van der Waals surface area contributed by atoms with Gasteiger partial charge in [0.2, 0.25) is 0 Å². The van der Waals surface area contributed by atoms with Gasteiger partial charge in [-0.05, 0) is 35.4 Å². The summed E-state index contributed by atoms with van der Waals surface area (Å²) >= 11 is 5.49. The third-order valence-corrected chi connectivity index (χ3v) is 5.96. The fraction of sp³-hybridized carbons (Fsp3) is 0.158. The van der Waals surface area contributed by atoms with E-state index in [1.165, 1.54) is 12.1 Å². The van der Waals surface area contributed by atoms with E-state index >= 15 is 0 Å². The summed E-state index contributed by atoms with van der Waals surface area (Å²) in [6.45, 7) is 0. The molecule has 1 nitrogen and oxygen atoms in total. The Kier molecular flexibility index (Phi) is 5.68. The Balaban J connectivity index is 2.39. The van der Waals surface area contributed by atoms with Crippen molar-refractivity contribution in [3.63, 3.8) is 0 Å². The van der Waals surface area contributed by atoms with Gasteiger partial charge in [0.25, 0.3) is 11.5 Å². The zero-order valence-corrected chi connectivity index (χ0v) is 15.6. The van der Waals surface area contributed by atoms with Crippen molar-refractivity contribution in [1.82, 2.24) is 0 Å². The molecule has 2 aromatic carbocycles. The number of hydrogen-bond acceptors (Lipinski definition) is 2. The summed E-state index contributed by atoms with van der Waals surface area (Å²) < 4.78 is 94.2. The minimum atomic E-state index is -5.46. The molecular formula is C19H10ClF7OS. The molecule has 0 saturated heterocycles. The molecule has 3 rings (SSSR count). The van der Waals surface area contributed by atoms with E-state index in [1.807, 2.05) is 0 Å². The fourth-order valence-corrected chi connectivity index (χ4v) is 4.29. The zero-order valence-electron chi connectivity index (χ0n) is 14.1. The number of alkyl halides is 6. The van der Waals surface area contributed by atoms with Crippen LogP contribution in [0.3, 0.4) is 0 Å². The summed E-state index contributed by atoms with van der Waals surface area (Å²) in [5.41, 5.74) is -1.37. The Morgan fingerprint density at radius 3 is 1.69 bits per heavy atom. The van der Waals surface area contributed by atoms with Gasteiger partial charge in [0.05, 0.1) is 4.88 Å². The Morgan fingerprint density at radius 2 is 1.28 bits per heavy atom. The van der Waals surface area contributed by atoms with Gasteiger partial charge in [-0.15, -0.1) is 11.3 Å². The maximum absolute atomic E-state index is 13.9. The average Bonchev–Trinajstić information content (AvgIpc) is 3.03.